The zero-order chi connectivity index (χ0) is 16.7. The van der Waals surface area contributed by atoms with E-state index in [1.807, 2.05) is 24.3 Å². The lowest BCUT2D eigenvalue weighted by Gasteiger charge is -2.15. The molecule has 0 aromatic heterocycles. The molecule has 1 saturated carbocycles. The zero-order valence-corrected chi connectivity index (χ0v) is 13.6. The fraction of sp³-hybridized carbons (Fsp3) is 0.529. The topological polar surface area (TPSA) is 76.7 Å². The Kier molecular flexibility index (Phi) is 6.40. The lowest BCUT2D eigenvalue weighted by atomic mass is 10.1. The van der Waals surface area contributed by atoms with E-state index in [2.05, 4.69) is 10.6 Å². The molecule has 1 fully saturated rings. The van der Waals surface area contributed by atoms with E-state index in [-0.39, 0.29) is 30.5 Å². The Morgan fingerprint density at radius 1 is 1.09 bits per heavy atom. The quantitative estimate of drug-likeness (QED) is 0.787. The van der Waals surface area contributed by atoms with Crippen molar-refractivity contribution in [3.05, 3.63) is 29.8 Å². The molecule has 0 bridgehead atoms. The number of benzene rings is 1. The molecule has 6 nitrogen and oxygen atoms in total. The molecule has 0 radical (unpaired) electrons. The maximum absolute atomic E-state index is 12.2. The summed E-state index contributed by atoms with van der Waals surface area (Å²) in [5, 5.41) is 5.95. The van der Waals surface area contributed by atoms with Gasteiger partial charge < -0.3 is 20.1 Å². The molecule has 1 aliphatic carbocycles. The van der Waals surface area contributed by atoms with Gasteiger partial charge in [-0.05, 0) is 25.3 Å². The predicted molar refractivity (Wildman–Crippen MR) is 86.3 cm³/mol. The first-order valence-corrected chi connectivity index (χ1v) is 7.82. The van der Waals surface area contributed by atoms with Crippen LogP contribution < -0.4 is 15.4 Å². The van der Waals surface area contributed by atoms with Gasteiger partial charge >= 0.3 is 0 Å². The predicted octanol–water partition coefficient (Wildman–Crippen LogP) is 1.04. The molecule has 6 heteroatoms. The average molecular weight is 320 g/mol. The molecule has 126 valence electrons. The summed E-state index contributed by atoms with van der Waals surface area (Å²) in [5.41, 5.74) is 0.871. The number of methoxy groups -OCH3 is 2. The van der Waals surface area contributed by atoms with E-state index < -0.39 is 0 Å². The largest absolute Gasteiger partial charge is 0.496 e. The van der Waals surface area contributed by atoms with Gasteiger partial charge in [-0.2, -0.15) is 0 Å². The van der Waals surface area contributed by atoms with E-state index in [0.29, 0.717) is 6.42 Å². The highest BCUT2D eigenvalue weighted by molar-refractivity contribution is 5.80. The van der Waals surface area contributed by atoms with Crippen molar-refractivity contribution in [2.75, 3.05) is 20.8 Å². The SMILES string of the molecule is COCC(=O)N[C@H]1CC[C@@H](NC(=O)Cc2ccccc2OC)C1. The zero-order valence-electron chi connectivity index (χ0n) is 13.6. The number of hydrogen-bond acceptors (Lipinski definition) is 4. The minimum Gasteiger partial charge on any atom is -0.496 e. The molecule has 0 unspecified atom stereocenters. The van der Waals surface area contributed by atoms with E-state index in [9.17, 15) is 9.59 Å². The number of nitrogens with one attached hydrogen (secondary N) is 2. The second kappa shape index (κ2) is 8.53. The summed E-state index contributed by atoms with van der Waals surface area (Å²) in [6, 6.07) is 7.71. The molecule has 0 spiro atoms. The average Bonchev–Trinajstić information content (AvgIpc) is 2.94. The third-order valence-electron chi connectivity index (χ3n) is 3.98. The molecule has 2 amide bonds. The highest BCUT2D eigenvalue weighted by Gasteiger charge is 2.27. The summed E-state index contributed by atoms with van der Waals surface area (Å²) in [4.78, 5) is 23.7. The molecule has 1 aromatic carbocycles. The highest BCUT2D eigenvalue weighted by atomic mass is 16.5. The van der Waals surface area contributed by atoms with Crippen molar-refractivity contribution in [2.45, 2.75) is 37.8 Å². The number of rotatable bonds is 7. The Morgan fingerprint density at radius 3 is 2.39 bits per heavy atom. The van der Waals surface area contributed by atoms with E-state index in [0.717, 1.165) is 30.6 Å². The monoisotopic (exact) mass is 320 g/mol. The van der Waals surface area contributed by atoms with Gasteiger partial charge in [-0.1, -0.05) is 18.2 Å². The van der Waals surface area contributed by atoms with Crippen LogP contribution in [0.3, 0.4) is 0 Å². The second-order valence-corrected chi connectivity index (χ2v) is 5.76. The molecule has 2 N–H and O–H groups in total. The number of carbonyl (C=O) groups excluding carboxylic acids is 2. The van der Waals surface area contributed by atoms with Crippen molar-refractivity contribution in [2.24, 2.45) is 0 Å². The molecule has 0 heterocycles. The summed E-state index contributed by atoms with van der Waals surface area (Å²) < 4.78 is 10.1. The minimum absolute atomic E-state index is 0.0247. The summed E-state index contributed by atoms with van der Waals surface area (Å²) in [5.74, 6) is 0.584. The van der Waals surface area contributed by atoms with Gasteiger partial charge in [-0.15, -0.1) is 0 Å². The summed E-state index contributed by atoms with van der Waals surface area (Å²) >= 11 is 0. The number of para-hydroxylation sites is 1. The van der Waals surface area contributed by atoms with Crippen LogP contribution in [0.15, 0.2) is 24.3 Å². The number of carbonyl (C=O) groups is 2. The van der Waals surface area contributed by atoms with Gasteiger partial charge in [0.25, 0.3) is 0 Å². The van der Waals surface area contributed by atoms with Crippen LogP contribution in [0.2, 0.25) is 0 Å². The van der Waals surface area contributed by atoms with Gasteiger partial charge in [-0.25, -0.2) is 0 Å². The molecule has 2 rings (SSSR count). The van der Waals surface area contributed by atoms with Gasteiger partial charge in [0.05, 0.1) is 13.5 Å². The maximum atomic E-state index is 12.2. The first-order valence-electron chi connectivity index (χ1n) is 7.82. The summed E-state index contributed by atoms with van der Waals surface area (Å²) in [6.07, 6.45) is 2.79. The Labute approximate surface area is 136 Å². The van der Waals surface area contributed by atoms with E-state index in [1.165, 1.54) is 7.11 Å². The fourth-order valence-corrected chi connectivity index (χ4v) is 2.94. The van der Waals surface area contributed by atoms with Crippen molar-refractivity contribution in [3.63, 3.8) is 0 Å². The Hall–Kier alpha value is -2.08. The van der Waals surface area contributed by atoms with Crippen molar-refractivity contribution < 1.29 is 19.1 Å². The van der Waals surface area contributed by atoms with Crippen molar-refractivity contribution in [1.82, 2.24) is 10.6 Å². The number of amides is 2. The fourth-order valence-electron chi connectivity index (χ4n) is 2.94. The third-order valence-corrected chi connectivity index (χ3v) is 3.98. The maximum Gasteiger partial charge on any atom is 0.246 e. The van der Waals surface area contributed by atoms with Crippen LogP contribution in [0.4, 0.5) is 0 Å². The van der Waals surface area contributed by atoms with Crippen LogP contribution in [0, 0.1) is 0 Å². The van der Waals surface area contributed by atoms with Crippen molar-refractivity contribution in [3.8, 4) is 5.75 Å². The van der Waals surface area contributed by atoms with Gasteiger partial charge in [0.1, 0.15) is 12.4 Å². The highest BCUT2D eigenvalue weighted by Crippen LogP contribution is 2.21. The van der Waals surface area contributed by atoms with Crippen LogP contribution in [-0.4, -0.2) is 44.7 Å². The minimum atomic E-state index is -0.113. The van der Waals surface area contributed by atoms with Crippen molar-refractivity contribution >= 4 is 11.8 Å². The van der Waals surface area contributed by atoms with Gasteiger partial charge in [0.2, 0.25) is 11.8 Å². The second-order valence-electron chi connectivity index (χ2n) is 5.76. The van der Waals surface area contributed by atoms with E-state index >= 15 is 0 Å². The first-order chi connectivity index (χ1) is 11.1. The molecule has 1 aliphatic rings. The van der Waals surface area contributed by atoms with Crippen LogP contribution in [-0.2, 0) is 20.7 Å². The molecule has 0 saturated heterocycles. The summed E-state index contributed by atoms with van der Waals surface area (Å²) in [7, 11) is 3.09. The Balaban J connectivity index is 1.79. The van der Waals surface area contributed by atoms with Gasteiger partial charge in [0.15, 0.2) is 0 Å². The normalized spacial score (nSPS) is 20.1. The molecular formula is C17H24N2O4. The summed E-state index contributed by atoms with van der Waals surface area (Å²) in [6.45, 7) is 0.0708. The van der Waals surface area contributed by atoms with Crippen LogP contribution in [0.5, 0.6) is 5.75 Å². The van der Waals surface area contributed by atoms with Crippen LogP contribution in [0.1, 0.15) is 24.8 Å². The molecule has 2 atom stereocenters. The standard InChI is InChI=1S/C17H24N2O4/c1-22-11-17(21)19-14-8-7-13(10-14)18-16(20)9-12-5-3-4-6-15(12)23-2/h3-6,13-14H,7-11H2,1-2H3,(H,18,20)(H,19,21)/t13-,14+/m1/s1. The molecule has 0 aliphatic heterocycles. The Bertz CT molecular complexity index is 547. The molecule has 23 heavy (non-hydrogen) atoms. The lowest BCUT2D eigenvalue weighted by molar-refractivity contribution is -0.125. The van der Waals surface area contributed by atoms with E-state index in [4.69, 9.17) is 9.47 Å². The third kappa shape index (κ3) is 5.25. The smallest absolute Gasteiger partial charge is 0.246 e. The number of hydrogen-bond donors (Lipinski definition) is 2. The number of ether oxygens (including phenoxy) is 2. The van der Waals surface area contributed by atoms with Crippen LogP contribution >= 0.6 is 0 Å². The Morgan fingerprint density at radius 2 is 1.74 bits per heavy atom. The molecular weight excluding hydrogens is 296 g/mol. The first kappa shape index (κ1) is 17.3. The van der Waals surface area contributed by atoms with Gasteiger partial charge in [-0.3, -0.25) is 9.59 Å². The van der Waals surface area contributed by atoms with Crippen LogP contribution in [0.25, 0.3) is 0 Å². The van der Waals surface area contributed by atoms with Crippen molar-refractivity contribution in [1.29, 1.82) is 0 Å². The molecule has 1 aromatic rings. The van der Waals surface area contributed by atoms with Gasteiger partial charge in [0, 0.05) is 24.8 Å². The van der Waals surface area contributed by atoms with E-state index in [1.54, 1.807) is 7.11 Å². The lowest BCUT2D eigenvalue weighted by Crippen LogP contribution is -2.38.